The first kappa shape index (κ1) is 18.7. The van der Waals surface area contributed by atoms with Gasteiger partial charge in [0.2, 0.25) is 5.91 Å². The van der Waals surface area contributed by atoms with Crippen molar-refractivity contribution in [2.75, 3.05) is 18.6 Å². The number of carbonyl (C=O) groups excluding carboxylic acids is 1. The summed E-state index contributed by atoms with van der Waals surface area (Å²) in [5, 5.41) is 0.855. The molecule has 3 aromatic rings. The van der Waals surface area contributed by atoms with Gasteiger partial charge in [0, 0.05) is 35.7 Å². The average molecular weight is 365 g/mol. The van der Waals surface area contributed by atoms with Gasteiger partial charge in [-0.2, -0.15) is 0 Å². The van der Waals surface area contributed by atoms with E-state index in [9.17, 15) is 9.59 Å². The Kier molecular flexibility index (Phi) is 5.60. The third-order valence-corrected chi connectivity index (χ3v) is 4.77. The summed E-state index contributed by atoms with van der Waals surface area (Å²) in [5.74, 6) is 0.617. The fourth-order valence-corrected chi connectivity index (χ4v) is 3.27. The fourth-order valence-electron chi connectivity index (χ4n) is 3.27. The molecule has 5 heteroatoms. The molecule has 0 spiro atoms. The lowest BCUT2D eigenvalue weighted by molar-refractivity contribution is -0.118. The van der Waals surface area contributed by atoms with Gasteiger partial charge >= 0.3 is 5.63 Å². The zero-order valence-electron chi connectivity index (χ0n) is 15.8. The maximum Gasteiger partial charge on any atom is 0.339 e. The second-order valence-corrected chi connectivity index (χ2v) is 6.33. The molecule has 0 saturated heterocycles. The highest BCUT2D eigenvalue weighted by atomic mass is 16.5. The molecule has 0 saturated carbocycles. The van der Waals surface area contributed by atoms with Gasteiger partial charge in [-0.05, 0) is 50.1 Å². The van der Waals surface area contributed by atoms with Crippen molar-refractivity contribution in [1.82, 2.24) is 0 Å². The highest BCUT2D eigenvalue weighted by molar-refractivity contribution is 5.93. The summed E-state index contributed by atoms with van der Waals surface area (Å²) in [6, 6.07) is 14.9. The lowest BCUT2D eigenvalue weighted by atomic mass is 10.0. The minimum absolute atomic E-state index is 0.0164. The van der Waals surface area contributed by atoms with Crippen molar-refractivity contribution in [3.63, 3.8) is 0 Å². The number of anilines is 1. The average Bonchev–Trinajstić information content (AvgIpc) is 2.68. The van der Waals surface area contributed by atoms with Crippen LogP contribution in [0.1, 0.15) is 24.5 Å². The molecule has 2 aromatic carbocycles. The molecule has 0 radical (unpaired) electrons. The number of rotatable bonds is 6. The van der Waals surface area contributed by atoms with Gasteiger partial charge in [0.1, 0.15) is 11.3 Å². The maximum atomic E-state index is 12.7. The molecule has 0 aliphatic rings. The van der Waals surface area contributed by atoms with Crippen LogP contribution in [0.5, 0.6) is 5.75 Å². The largest absolute Gasteiger partial charge is 0.497 e. The summed E-state index contributed by atoms with van der Waals surface area (Å²) in [7, 11) is 1.57. The molecular weight excluding hydrogens is 342 g/mol. The van der Waals surface area contributed by atoms with E-state index in [-0.39, 0.29) is 12.3 Å². The van der Waals surface area contributed by atoms with Crippen molar-refractivity contribution in [2.45, 2.75) is 26.7 Å². The topological polar surface area (TPSA) is 59.8 Å². The Morgan fingerprint density at radius 2 is 1.89 bits per heavy atom. The summed E-state index contributed by atoms with van der Waals surface area (Å²) in [4.78, 5) is 26.9. The molecule has 27 heavy (non-hydrogen) atoms. The second-order valence-electron chi connectivity index (χ2n) is 6.33. The first-order valence-electron chi connectivity index (χ1n) is 9.01. The van der Waals surface area contributed by atoms with E-state index in [1.54, 1.807) is 18.1 Å². The van der Waals surface area contributed by atoms with Gasteiger partial charge in [-0.1, -0.05) is 18.2 Å². The predicted octanol–water partition coefficient (Wildman–Crippen LogP) is 4.10. The summed E-state index contributed by atoms with van der Waals surface area (Å²) in [5.41, 5.74) is 2.35. The molecule has 0 fully saturated rings. The van der Waals surface area contributed by atoms with Crippen LogP contribution in [0.15, 0.2) is 57.7 Å². The van der Waals surface area contributed by atoms with Gasteiger partial charge in [-0.15, -0.1) is 0 Å². The van der Waals surface area contributed by atoms with Crippen LogP contribution < -0.4 is 15.3 Å². The Morgan fingerprint density at radius 3 is 2.56 bits per heavy atom. The highest BCUT2D eigenvalue weighted by Crippen LogP contribution is 2.24. The van der Waals surface area contributed by atoms with E-state index in [1.807, 2.05) is 56.3 Å². The Balaban J connectivity index is 1.84. The summed E-state index contributed by atoms with van der Waals surface area (Å²) in [6.45, 7) is 4.40. The molecule has 0 unspecified atom stereocenters. The number of amides is 1. The van der Waals surface area contributed by atoms with Crippen LogP contribution in [0.4, 0.5) is 5.69 Å². The van der Waals surface area contributed by atoms with Crippen molar-refractivity contribution >= 4 is 22.6 Å². The molecule has 0 aliphatic heterocycles. The standard InChI is InChI=1S/C22H23NO4/c1-4-23(16-8-6-5-7-9-16)21(24)13-12-19-15(2)18-11-10-17(26-3)14-20(18)27-22(19)25/h5-11,14H,4,12-13H2,1-3H3. The number of para-hydroxylation sites is 1. The van der Waals surface area contributed by atoms with Gasteiger partial charge in [0.05, 0.1) is 7.11 Å². The monoisotopic (exact) mass is 365 g/mol. The lowest BCUT2D eigenvalue weighted by Crippen LogP contribution is -2.31. The Morgan fingerprint density at radius 1 is 1.15 bits per heavy atom. The summed E-state index contributed by atoms with van der Waals surface area (Å²) in [6.07, 6.45) is 0.592. The smallest absolute Gasteiger partial charge is 0.339 e. The van der Waals surface area contributed by atoms with Crippen LogP contribution in [0.3, 0.4) is 0 Å². The quantitative estimate of drug-likeness (QED) is 0.617. The van der Waals surface area contributed by atoms with Gasteiger partial charge < -0.3 is 14.1 Å². The molecule has 0 atom stereocenters. The first-order valence-corrected chi connectivity index (χ1v) is 9.01. The van der Waals surface area contributed by atoms with Crippen LogP contribution in [-0.4, -0.2) is 19.6 Å². The minimum Gasteiger partial charge on any atom is -0.497 e. The van der Waals surface area contributed by atoms with Crippen LogP contribution in [0, 0.1) is 6.92 Å². The zero-order chi connectivity index (χ0) is 19.4. The number of fused-ring (bicyclic) bond motifs is 1. The van der Waals surface area contributed by atoms with Crippen molar-refractivity contribution in [3.8, 4) is 5.75 Å². The van der Waals surface area contributed by atoms with Crippen molar-refractivity contribution in [1.29, 1.82) is 0 Å². The Bertz CT molecular complexity index is 1010. The van der Waals surface area contributed by atoms with E-state index < -0.39 is 5.63 Å². The summed E-state index contributed by atoms with van der Waals surface area (Å²) < 4.78 is 10.6. The second kappa shape index (κ2) is 8.08. The third-order valence-electron chi connectivity index (χ3n) is 4.77. The molecule has 0 N–H and O–H groups in total. The molecule has 140 valence electrons. The molecule has 0 aliphatic carbocycles. The van der Waals surface area contributed by atoms with Gasteiger partial charge in [-0.25, -0.2) is 4.79 Å². The van der Waals surface area contributed by atoms with E-state index in [2.05, 4.69) is 0 Å². The minimum atomic E-state index is -0.399. The van der Waals surface area contributed by atoms with E-state index in [0.717, 1.165) is 16.6 Å². The fraction of sp³-hybridized carbons (Fsp3) is 0.273. The van der Waals surface area contributed by atoms with Gasteiger partial charge in [0.15, 0.2) is 0 Å². The number of methoxy groups -OCH3 is 1. The number of hydrogen-bond acceptors (Lipinski definition) is 4. The SMILES string of the molecule is CCN(C(=O)CCc1c(C)c2ccc(OC)cc2oc1=O)c1ccccc1. The molecule has 1 heterocycles. The van der Waals surface area contributed by atoms with Gasteiger partial charge in [0.25, 0.3) is 0 Å². The zero-order valence-corrected chi connectivity index (χ0v) is 15.8. The van der Waals surface area contributed by atoms with Gasteiger partial charge in [-0.3, -0.25) is 4.79 Å². The number of hydrogen-bond donors (Lipinski definition) is 0. The Hall–Kier alpha value is -3.08. The molecular formula is C22H23NO4. The number of ether oxygens (including phenoxy) is 1. The normalized spacial score (nSPS) is 10.8. The van der Waals surface area contributed by atoms with Crippen LogP contribution in [0.25, 0.3) is 11.0 Å². The van der Waals surface area contributed by atoms with E-state index in [4.69, 9.17) is 9.15 Å². The van der Waals surface area contributed by atoms with E-state index in [1.165, 1.54) is 0 Å². The number of benzene rings is 2. The van der Waals surface area contributed by atoms with E-state index >= 15 is 0 Å². The molecule has 3 rings (SSSR count). The van der Waals surface area contributed by atoms with Crippen molar-refractivity contribution in [2.24, 2.45) is 0 Å². The first-order chi connectivity index (χ1) is 13.0. The van der Waals surface area contributed by atoms with Crippen LogP contribution in [0.2, 0.25) is 0 Å². The molecule has 5 nitrogen and oxygen atoms in total. The summed E-state index contributed by atoms with van der Waals surface area (Å²) >= 11 is 0. The lowest BCUT2D eigenvalue weighted by Gasteiger charge is -2.21. The van der Waals surface area contributed by atoms with Crippen LogP contribution >= 0.6 is 0 Å². The number of carbonyl (C=O) groups is 1. The molecule has 0 bridgehead atoms. The highest BCUT2D eigenvalue weighted by Gasteiger charge is 2.17. The predicted molar refractivity (Wildman–Crippen MR) is 107 cm³/mol. The number of nitrogens with zero attached hydrogens (tertiary/aromatic N) is 1. The third kappa shape index (κ3) is 3.87. The maximum absolute atomic E-state index is 12.7. The Labute approximate surface area is 158 Å². The number of aryl methyl sites for hydroxylation is 1. The van der Waals surface area contributed by atoms with Crippen LogP contribution in [-0.2, 0) is 11.2 Å². The molecule has 1 aromatic heterocycles. The van der Waals surface area contributed by atoms with Crippen molar-refractivity contribution < 1.29 is 13.9 Å². The van der Waals surface area contributed by atoms with E-state index in [0.29, 0.717) is 29.9 Å². The van der Waals surface area contributed by atoms with Crippen molar-refractivity contribution in [3.05, 3.63) is 70.1 Å². The molecule has 1 amide bonds.